The summed E-state index contributed by atoms with van der Waals surface area (Å²) < 4.78 is 0. The largest absolute Gasteiger partial charge is 0.0856 e. The number of hydrogen-bond donors (Lipinski definition) is 0. The second-order valence-corrected chi connectivity index (χ2v) is 2.05. The van der Waals surface area contributed by atoms with Crippen molar-refractivity contribution in [2.45, 2.75) is 33.1 Å². The van der Waals surface area contributed by atoms with Gasteiger partial charge < -0.3 is 0 Å². The Morgan fingerprint density at radius 2 is 2.25 bits per heavy atom. The molecule has 0 saturated carbocycles. The highest BCUT2D eigenvalue weighted by Gasteiger charge is 1.79. The highest BCUT2D eigenvalue weighted by Crippen LogP contribution is 2.00. The third kappa shape index (κ3) is 3.91. The predicted molar refractivity (Wildman–Crippen MR) is 38.6 cm³/mol. The van der Waals surface area contributed by atoms with Crippen molar-refractivity contribution in [3.05, 3.63) is 18.6 Å². The van der Waals surface area contributed by atoms with Crippen LogP contribution in [0.5, 0.6) is 0 Å². The zero-order valence-electron chi connectivity index (χ0n) is 5.91. The van der Waals surface area contributed by atoms with Crippen molar-refractivity contribution in [1.29, 1.82) is 0 Å². The average molecular weight is 111 g/mol. The molecule has 47 valence electrons. The monoisotopic (exact) mass is 111 g/mol. The molecule has 0 rings (SSSR count). The average Bonchev–Trinajstić information content (AvgIpc) is 1.83. The Morgan fingerprint density at radius 1 is 1.62 bits per heavy atom. The van der Waals surface area contributed by atoms with Crippen LogP contribution in [0.15, 0.2) is 11.6 Å². The van der Waals surface area contributed by atoms with Crippen LogP contribution in [0.3, 0.4) is 0 Å². The first-order valence-electron chi connectivity index (χ1n) is 3.26. The van der Waals surface area contributed by atoms with Gasteiger partial charge in [-0.1, -0.05) is 25.5 Å². The molecule has 0 nitrogen and oxygen atoms in total. The van der Waals surface area contributed by atoms with Crippen LogP contribution in [0, 0.1) is 6.92 Å². The van der Waals surface area contributed by atoms with E-state index in [2.05, 4.69) is 26.8 Å². The molecular formula is C8H15. The molecular weight excluding hydrogens is 96.1 g/mol. The molecule has 0 aliphatic heterocycles. The topological polar surface area (TPSA) is 0 Å². The van der Waals surface area contributed by atoms with Gasteiger partial charge in [-0.15, -0.1) is 0 Å². The minimum Gasteiger partial charge on any atom is -0.0856 e. The van der Waals surface area contributed by atoms with Crippen LogP contribution >= 0.6 is 0 Å². The maximum atomic E-state index is 3.75. The van der Waals surface area contributed by atoms with Crippen LogP contribution in [0.4, 0.5) is 0 Å². The second kappa shape index (κ2) is 4.89. The van der Waals surface area contributed by atoms with E-state index >= 15 is 0 Å². The smallest absolute Gasteiger partial charge is 0.0348 e. The van der Waals surface area contributed by atoms with E-state index in [4.69, 9.17) is 0 Å². The van der Waals surface area contributed by atoms with Crippen molar-refractivity contribution in [3.63, 3.8) is 0 Å². The molecule has 0 heterocycles. The molecule has 1 radical (unpaired) electrons. The summed E-state index contributed by atoms with van der Waals surface area (Å²) in [6, 6.07) is 0. The predicted octanol–water partition coefficient (Wildman–Crippen LogP) is 2.96. The second-order valence-electron chi connectivity index (χ2n) is 2.05. The molecule has 0 aromatic heterocycles. The van der Waals surface area contributed by atoms with E-state index < -0.39 is 0 Å². The van der Waals surface area contributed by atoms with Crippen LogP contribution < -0.4 is 0 Å². The molecule has 0 fully saturated rings. The molecule has 0 aliphatic carbocycles. The summed E-state index contributed by atoms with van der Waals surface area (Å²) in [5, 5.41) is 0. The maximum absolute atomic E-state index is 3.75. The Balaban J connectivity index is 3.26. The number of unbranched alkanes of at least 4 members (excludes halogenated alkanes) is 1. The maximum Gasteiger partial charge on any atom is -0.0348 e. The van der Waals surface area contributed by atoms with Gasteiger partial charge >= 0.3 is 0 Å². The van der Waals surface area contributed by atoms with Crippen LogP contribution in [0.2, 0.25) is 0 Å². The van der Waals surface area contributed by atoms with Gasteiger partial charge in [0.2, 0.25) is 0 Å². The van der Waals surface area contributed by atoms with E-state index in [9.17, 15) is 0 Å². The Hall–Kier alpha value is -0.260. The standard InChI is InChI=1S/C8H15/c1-4-6-7-8(3)5-2/h7H,1,4-6H2,2-3H3/b8-7+. The first-order chi connectivity index (χ1) is 3.81. The van der Waals surface area contributed by atoms with E-state index in [-0.39, 0.29) is 0 Å². The third-order valence-electron chi connectivity index (χ3n) is 1.25. The molecule has 0 atom stereocenters. The molecule has 0 aromatic carbocycles. The zero-order chi connectivity index (χ0) is 6.41. The van der Waals surface area contributed by atoms with Gasteiger partial charge in [-0.25, -0.2) is 0 Å². The summed E-state index contributed by atoms with van der Waals surface area (Å²) >= 11 is 0. The summed E-state index contributed by atoms with van der Waals surface area (Å²) in [4.78, 5) is 0. The molecule has 0 aliphatic rings. The first-order valence-corrected chi connectivity index (χ1v) is 3.26. The first kappa shape index (κ1) is 7.74. The summed E-state index contributed by atoms with van der Waals surface area (Å²) in [6.45, 7) is 8.09. The van der Waals surface area contributed by atoms with Gasteiger partial charge in [0.25, 0.3) is 0 Å². The molecule has 0 saturated heterocycles. The van der Waals surface area contributed by atoms with Crippen molar-refractivity contribution in [3.8, 4) is 0 Å². The van der Waals surface area contributed by atoms with E-state index in [0.717, 1.165) is 12.8 Å². The molecule has 8 heavy (non-hydrogen) atoms. The van der Waals surface area contributed by atoms with Crippen LogP contribution in [-0.2, 0) is 0 Å². The molecule has 0 N–H and O–H groups in total. The lowest BCUT2D eigenvalue weighted by Gasteiger charge is -1.91. The summed E-state index contributed by atoms with van der Waals surface area (Å²) in [5.41, 5.74) is 1.48. The molecule has 0 amide bonds. The normalized spacial score (nSPS) is 12.1. The van der Waals surface area contributed by atoms with Crippen LogP contribution in [0.25, 0.3) is 0 Å². The summed E-state index contributed by atoms with van der Waals surface area (Å²) in [5.74, 6) is 0. The Labute approximate surface area is 52.6 Å². The molecule has 0 spiro atoms. The van der Waals surface area contributed by atoms with Gasteiger partial charge in [0.1, 0.15) is 0 Å². The van der Waals surface area contributed by atoms with E-state index in [0.29, 0.717) is 0 Å². The van der Waals surface area contributed by atoms with Crippen molar-refractivity contribution >= 4 is 0 Å². The minimum absolute atomic E-state index is 1.03. The van der Waals surface area contributed by atoms with Gasteiger partial charge in [-0.05, 0) is 26.2 Å². The van der Waals surface area contributed by atoms with Crippen LogP contribution in [-0.4, -0.2) is 0 Å². The van der Waals surface area contributed by atoms with Crippen LogP contribution in [0.1, 0.15) is 33.1 Å². The Bertz CT molecular complexity index is 70.1. The lowest BCUT2D eigenvalue weighted by molar-refractivity contribution is 0.997. The lowest BCUT2D eigenvalue weighted by Crippen LogP contribution is -1.70. The van der Waals surface area contributed by atoms with E-state index in [1.807, 2.05) is 0 Å². The van der Waals surface area contributed by atoms with E-state index in [1.165, 1.54) is 12.0 Å². The summed E-state index contributed by atoms with van der Waals surface area (Å²) in [6.07, 6.45) is 5.60. The zero-order valence-corrected chi connectivity index (χ0v) is 5.91. The number of hydrogen-bond acceptors (Lipinski definition) is 0. The third-order valence-corrected chi connectivity index (χ3v) is 1.25. The SMILES string of the molecule is [CH2]CC/C=C(\C)CC. The molecule has 0 bridgehead atoms. The molecule has 0 unspecified atom stereocenters. The molecule has 0 aromatic rings. The van der Waals surface area contributed by atoms with E-state index in [1.54, 1.807) is 0 Å². The van der Waals surface area contributed by atoms with Crippen molar-refractivity contribution < 1.29 is 0 Å². The van der Waals surface area contributed by atoms with Crippen molar-refractivity contribution in [1.82, 2.24) is 0 Å². The number of rotatable bonds is 3. The molecule has 0 heteroatoms. The van der Waals surface area contributed by atoms with Gasteiger partial charge in [-0.2, -0.15) is 0 Å². The van der Waals surface area contributed by atoms with Gasteiger partial charge in [0.05, 0.1) is 0 Å². The highest BCUT2D eigenvalue weighted by atomic mass is 13.9. The Kier molecular flexibility index (Phi) is 4.73. The fourth-order valence-corrected chi connectivity index (χ4v) is 0.493. The quantitative estimate of drug-likeness (QED) is 0.491. The fourth-order valence-electron chi connectivity index (χ4n) is 0.493. The minimum atomic E-state index is 1.03. The van der Waals surface area contributed by atoms with Gasteiger partial charge in [0, 0.05) is 0 Å². The van der Waals surface area contributed by atoms with Crippen molar-refractivity contribution in [2.75, 3.05) is 0 Å². The fraction of sp³-hybridized carbons (Fsp3) is 0.625. The number of allylic oxidation sites excluding steroid dienone is 2. The van der Waals surface area contributed by atoms with Gasteiger partial charge in [0.15, 0.2) is 0 Å². The summed E-state index contributed by atoms with van der Waals surface area (Å²) in [7, 11) is 0. The Morgan fingerprint density at radius 3 is 2.62 bits per heavy atom. The van der Waals surface area contributed by atoms with Crippen molar-refractivity contribution in [2.24, 2.45) is 0 Å². The highest BCUT2D eigenvalue weighted by molar-refractivity contribution is 4.96. The lowest BCUT2D eigenvalue weighted by atomic mass is 10.2. The van der Waals surface area contributed by atoms with Gasteiger partial charge in [-0.3, -0.25) is 0 Å².